The van der Waals surface area contributed by atoms with Crippen LogP contribution in [0.4, 0.5) is 5.00 Å². The molecule has 0 unspecified atom stereocenters. The zero-order valence-electron chi connectivity index (χ0n) is 12.9. The van der Waals surface area contributed by atoms with Crippen LogP contribution in [-0.2, 0) is 6.42 Å². The Kier molecular flexibility index (Phi) is 4.89. The number of halogens is 1. The van der Waals surface area contributed by atoms with Crippen molar-refractivity contribution in [2.24, 2.45) is 5.73 Å². The van der Waals surface area contributed by atoms with Crippen molar-refractivity contribution in [3.8, 4) is 0 Å². The number of amides is 2. The molecular formula is C17H15ClN2O2S2. The molecule has 0 saturated heterocycles. The number of fused-ring (bicyclic) bond motifs is 1. The number of thiophene rings is 2. The lowest BCUT2D eigenvalue weighted by Crippen LogP contribution is -2.16. The van der Waals surface area contributed by atoms with E-state index in [1.54, 1.807) is 6.07 Å². The molecule has 0 saturated carbocycles. The average Bonchev–Trinajstić information content (AvgIpc) is 3.10. The predicted molar refractivity (Wildman–Crippen MR) is 102 cm³/mol. The fourth-order valence-corrected chi connectivity index (χ4v) is 4.98. The first-order valence-corrected chi connectivity index (χ1v) is 9.43. The maximum atomic E-state index is 12.6. The average molecular weight is 379 g/mol. The molecule has 2 aromatic heterocycles. The van der Waals surface area contributed by atoms with Gasteiger partial charge in [0.1, 0.15) is 9.88 Å². The maximum absolute atomic E-state index is 12.6. The third-order valence-corrected chi connectivity index (χ3v) is 6.30. The number of anilines is 1. The van der Waals surface area contributed by atoms with Gasteiger partial charge in [0.2, 0.25) is 0 Å². The van der Waals surface area contributed by atoms with Gasteiger partial charge in [-0.1, -0.05) is 43.1 Å². The summed E-state index contributed by atoms with van der Waals surface area (Å²) < 4.78 is 0.945. The van der Waals surface area contributed by atoms with Crippen molar-refractivity contribution in [1.29, 1.82) is 0 Å². The number of hydrogen-bond acceptors (Lipinski definition) is 4. The van der Waals surface area contributed by atoms with Crippen LogP contribution in [-0.4, -0.2) is 11.8 Å². The number of rotatable bonds is 5. The van der Waals surface area contributed by atoms with Crippen molar-refractivity contribution < 1.29 is 9.59 Å². The fraction of sp³-hybridized carbons (Fsp3) is 0.176. The Hall–Kier alpha value is -1.89. The SMILES string of the molecule is CCCc1cc(C(N)=O)c(NC(=O)c2sc3ccccc3c2Cl)s1. The van der Waals surface area contributed by atoms with Gasteiger partial charge in [-0.05, 0) is 18.6 Å². The second-order valence-electron chi connectivity index (χ2n) is 5.27. The van der Waals surface area contributed by atoms with Crippen molar-refractivity contribution in [2.45, 2.75) is 19.8 Å². The van der Waals surface area contributed by atoms with Gasteiger partial charge in [-0.3, -0.25) is 9.59 Å². The molecule has 124 valence electrons. The Bertz CT molecular complexity index is 930. The quantitative estimate of drug-likeness (QED) is 0.661. The van der Waals surface area contributed by atoms with Crippen molar-refractivity contribution in [2.75, 3.05) is 5.32 Å². The van der Waals surface area contributed by atoms with Crippen LogP contribution in [0.2, 0.25) is 5.02 Å². The van der Waals surface area contributed by atoms with Crippen molar-refractivity contribution in [3.05, 3.63) is 50.7 Å². The highest BCUT2D eigenvalue weighted by molar-refractivity contribution is 7.22. The monoisotopic (exact) mass is 378 g/mol. The van der Waals surface area contributed by atoms with Crippen LogP contribution in [0, 0.1) is 0 Å². The van der Waals surface area contributed by atoms with E-state index in [2.05, 4.69) is 12.2 Å². The van der Waals surface area contributed by atoms with Gasteiger partial charge in [0.25, 0.3) is 11.8 Å². The molecule has 0 aliphatic rings. The van der Waals surface area contributed by atoms with Crippen LogP contribution < -0.4 is 11.1 Å². The van der Waals surface area contributed by atoms with E-state index < -0.39 is 5.91 Å². The van der Waals surface area contributed by atoms with Gasteiger partial charge >= 0.3 is 0 Å². The maximum Gasteiger partial charge on any atom is 0.267 e. The van der Waals surface area contributed by atoms with Gasteiger partial charge in [-0.25, -0.2) is 0 Å². The van der Waals surface area contributed by atoms with Crippen LogP contribution in [0.15, 0.2) is 30.3 Å². The first kappa shape index (κ1) is 17.0. The molecule has 1 aromatic carbocycles. The summed E-state index contributed by atoms with van der Waals surface area (Å²) in [6.45, 7) is 2.05. The van der Waals surface area contributed by atoms with Gasteiger partial charge in [0.05, 0.1) is 10.6 Å². The van der Waals surface area contributed by atoms with Gasteiger partial charge < -0.3 is 11.1 Å². The Morgan fingerprint density at radius 1 is 1.25 bits per heavy atom. The molecule has 0 bridgehead atoms. The summed E-state index contributed by atoms with van der Waals surface area (Å²) in [5.41, 5.74) is 5.76. The Morgan fingerprint density at radius 3 is 2.67 bits per heavy atom. The zero-order chi connectivity index (χ0) is 17.3. The number of nitrogens with two attached hydrogens (primary N) is 1. The molecule has 4 nitrogen and oxygen atoms in total. The summed E-state index contributed by atoms with van der Waals surface area (Å²) in [6, 6.07) is 9.33. The molecule has 0 fully saturated rings. The van der Waals surface area contributed by atoms with Gasteiger partial charge in [-0.2, -0.15) is 0 Å². The number of aryl methyl sites for hydroxylation is 1. The number of nitrogens with one attached hydrogen (secondary N) is 1. The van der Waals surface area contributed by atoms with E-state index in [9.17, 15) is 9.59 Å². The molecule has 0 aliphatic heterocycles. The Labute approximate surface area is 152 Å². The number of primary amides is 1. The van der Waals surface area contributed by atoms with Crippen molar-refractivity contribution >= 4 is 61.2 Å². The van der Waals surface area contributed by atoms with Crippen LogP contribution in [0.1, 0.15) is 38.3 Å². The highest BCUT2D eigenvalue weighted by atomic mass is 35.5. The lowest BCUT2D eigenvalue weighted by atomic mass is 10.2. The number of benzene rings is 1. The van der Waals surface area contributed by atoms with E-state index in [1.807, 2.05) is 24.3 Å². The highest BCUT2D eigenvalue weighted by Crippen LogP contribution is 2.36. The Balaban J connectivity index is 1.94. The van der Waals surface area contributed by atoms with E-state index in [0.717, 1.165) is 27.8 Å². The number of hydrogen-bond donors (Lipinski definition) is 2. The third kappa shape index (κ3) is 3.17. The van der Waals surface area contributed by atoms with E-state index in [4.69, 9.17) is 17.3 Å². The molecule has 0 spiro atoms. The minimum atomic E-state index is -0.550. The van der Waals surface area contributed by atoms with Gasteiger partial charge in [0.15, 0.2) is 0 Å². The molecule has 7 heteroatoms. The summed E-state index contributed by atoms with van der Waals surface area (Å²) in [4.78, 5) is 25.7. The summed E-state index contributed by atoms with van der Waals surface area (Å²) in [5, 5.41) is 4.55. The van der Waals surface area contributed by atoms with E-state index in [1.165, 1.54) is 22.7 Å². The fourth-order valence-electron chi connectivity index (χ4n) is 2.41. The molecule has 24 heavy (non-hydrogen) atoms. The molecule has 3 N–H and O–H groups in total. The smallest absolute Gasteiger partial charge is 0.267 e. The van der Waals surface area contributed by atoms with E-state index >= 15 is 0 Å². The van der Waals surface area contributed by atoms with Crippen LogP contribution >= 0.6 is 34.3 Å². The summed E-state index contributed by atoms with van der Waals surface area (Å²) in [6.07, 6.45) is 1.79. The third-order valence-electron chi connectivity index (χ3n) is 3.51. The summed E-state index contributed by atoms with van der Waals surface area (Å²) >= 11 is 9.04. The zero-order valence-corrected chi connectivity index (χ0v) is 15.3. The minimum Gasteiger partial charge on any atom is -0.366 e. The molecule has 3 rings (SSSR count). The van der Waals surface area contributed by atoms with Crippen molar-refractivity contribution in [1.82, 2.24) is 0 Å². The van der Waals surface area contributed by atoms with Crippen LogP contribution in [0.5, 0.6) is 0 Å². The number of carbonyl (C=O) groups excluding carboxylic acids is 2. The second kappa shape index (κ2) is 6.93. The van der Waals surface area contributed by atoms with E-state index in [-0.39, 0.29) is 5.91 Å². The molecule has 0 radical (unpaired) electrons. The Morgan fingerprint density at radius 2 is 2.00 bits per heavy atom. The molecule has 3 aromatic rings. The van der Waals surface area contributed by atoms with Gasteiger partial charge in [-0.15, -0.1) is 22.7 Å². The van der Waals surface area contributed by atoms with Crippen molar-refractivity contribution in [3.63, 3.8) is 0 Å². The summed E-state index contributed by atoms with van der Waals surface area (Å²) in [5.74, 6) is -0.875. The molecule has 2 amide bonds. The standard InChI is InChI=1S/C17H15ClN2O2S2/c1-2-5-9-8-11(15(19)21)17(23-9)20-16(22)14-13(18)10-6-3-4-7-12(10)24-14/h3-4,6-8H,2,5H2,1H3,(H2,19,21)(H,20,22). The predicted octanol–water partition coefficient (Wildman–Crippen LogP) is 4.92. The van der Waals surface area contributed by atoms with Gasteiger partial charge in [0, 0.05) is 15.0 Å². The van der Waals surface area contributed by atoms with Crippen LogP contribution in [0.3, 0.4) is 0 Å². The lowest BCUT2D eigenvalue weighted by Gasteiger charge is -2.03. The highest BCUT2D eigenvalue weighted by Gasteiger charge is 2.20. The first-order chi connectivity index (χ1) is 11.5. The lowest BCUT2D eigenvalue weighted by molar-refractivity contribution is 0.100. The minimum absolute atomic E-state index is 0.325. The molecule has 0 atom stereocenters. The van der Waals surface area contributed by atoms with Crippen LogP contribution in [0.25, 0.3) is 10.1 Å². The van der Waals surface area contributed by atoms with E-state index in [0.29, 0.717) is 20.5 Å². The number of carbonyl (C=O) groups is 2. The summed E-state index contributed by atoms with van der Waals surface area (Å²) in [7, 11) is 0. The topological polar surface area (TPSA) is 72.2 Å². The largest absolute Gasteiger partial charge is 0.366 e. The molecular weight excluding hydrogens is 364 g/mol. The second-order valence-corrected chi connectivity index (χ2v) is 7.83. The normalized spacial score (nSPS) is 10.9. The molecule has 0 aliphatic carbocycles. The molecule has 2 heterocycles. The first-order valence-electron chi connectivity index (χ1n) is 7.42.